The molecule has 0 bridgehead atoms. The van der Waals surface area contributed by atoms with Crippen LogP contribution in [0.1, 0.15) is 5.56 Å². The zero-order valence-electron chi connectivity index (χ0n) is 10.1. The van der Waals surface area contributed by atoms with Gasteiger partial charge in [0.1, 0.15) is 12.4 Å². The van der Waals surface area contributed by atoms with E-state index in [0.717, 1.165) is 11.3 Å². The van der Waals surface area contributed by atoms with Crippen LogP contribution in [0.15, 0.2) is 41.3 Å². The number of nitrogens with zero attached hydrogens (tertiary/aromatic N) is 1. The molecule has 0 amide bonds. The van der Waals surface area contributed by atoms with Crippen LogP contribution in [0.2, 0.25) is 0 Å². The van der Waals surface area contributed by atoms with E-state index in [2.05, 4.69) is 4.98 Å². The summed E-state index contributed by atoms with van der Waals surface area (Å²) >= 11 is 5.04. The van der Waals surface area contributed by atoms with Gasteiger partial charge in [-0.05, 0) is 36.8 Å². The molecule has 0 saturated heterocycles. The van der Waals surface area contributed by atoms with E-state index >= 15 is 0 Å². The molecule has 4 nitrogen and oxygen atoms in total. The average molecular weight is 262 g/mol. The molecule has 0 spiro atoms. The number of benzene rings is 1. The van der Waals surface area contributed by atoms with E-state index in [-0.39, 0.29) is 5.56 Å². The minimum atomic E-state index is -0.184. The van der Waals surface area contributed by atoms with E-state index in [1.54, 1.807) is 10.8 Å². The lowest BCUT2D eigenvalue weighted by Crippen LogP contribution is -2.14. The number of aryl methyl sites for hydroxylation is 1. The standard InChI is InChI=1S/C13H14N2O2S/c1-10-3-2-4-11(9-10)17-8-7-15-6-5-12(16)14-13(15)18/h2-6,9H,7-8H2,1H3,(H,14,16,18). The fourth-order valence-corrected chi connectivity index (χ4v) is 1.84. The molecule has 1 heterocycles. The van der Waals surface area contributed by atoms with Crippen molar-refractivity contribution in [3.8, 4) is 5.75 Å². The molecule has 1 aromatic heterocycles. The van der Waals surface area contributed by atoms with Gasteiger partial charge in [-0.15, -0.1) is 0 Å². The average Bonchev–Trinajstić information content (AvgIpc) is 2.32. The molecule has 0 aliphatic heterocycles. The Bertz CT molecular complexity index is 646. The lowest BCUT2D eigenvalue weighted by molar-refractivity contribution is 0.296. The highest BCUT2D eigenvalue weighted by Crippen LogP contribution is 2.12. The van der Waals surface area contributed by atoms with E-state index in [0.29, 0.717) is 17.9 Å². The fourth-order valence-electron chi connectivity index (χ4n) is 1.59. The van der Waals surface area contributed by atoms with Gasteiger partial charge in [-0.25, -0.2) is 0 Å². The molecule has 2 aromatic rings. The van der Waals surface area contributed by atoms with Crippen LogP contribution in [0, 0.1) is 11.7 Å². The van der Waals surface area contributed by atoms with Crippen LogP contribution in [0.4, 0.5) is 0 Å². The SMILES string of the molecule is Cc1cccc(OCCn2ccc(=O)[nH]c2=S)c1. The summed E-state index contributed by atoms with van der Waals surface area (Å²) in [4.78, 5) is 13.6. The van der Waals surface area contributed by atoms with Crippen molar-refractivity contribution >= 4 is 12.2 Å². The van der Waals surface area contributed by atoms with Crippen molar-refractivity contribution in [1.29, 1.82) is 0 Å². The summed E-state index contributed by atoms with van der Waals surface area (Å²) in [6.07, 6.45) is 1.67. The summed E-state index contributed by atoms with van der Waals surface area (Å²) in [7, 11) is 0. The highest BCUT2D eigenvalue weighted by molar-refractivity contribution is 7.71. The molecule has 0 atom stereocenters. The predicted molar refractivity (Wildman–Crippen MR) is 72.6 cm³/mol. The van der Waals surface area contributed by atoms with E-state index in [1.807, 2.05) is 31.2 Å². The Kier molecular flexibility index (Phi) is 3.94. The van der Waals surface area contributed by atoms with E-state index in [9.17, 15) is 4.79 Å². The van der Waals surface area contributed by atoms with Crippen molar-refractivity contribution in [2.24, 2.45) is 0 Å². The van der Waals surface area contributed by atoms with Gasteiger partial charge >= 0.3 is 0 Å². The van der Waals surface area contributed by atoms with Gasteiger partial charge in [0.2, 0.25) is 0 Å². The Hall–Kier alpha value is -1.88. The largest absolute Gasteiger partial charge is 0.492 e. The van der Waals surface area contributed by atoms with Crippen molar-refractivity contribution in [2.45, 2.75) is 13.5 Å². The molecule has 2 rings (SSSR count). The molecule has 0 radical (unpaired) electrons. The number of aromatic amines is 1. The summed E-state index contributed by atoms with van der Waals surface area (Å²) in [6.45, 7) is 3.12. The van der Waals surface area contributed by atoms with Gasteiger partial charge < -0.3 is 9.30 Å². The molecule has 0 aliphatic carbocycles. The number of H-pyrrole nitrogens is 1. The van der Waals surface area contributed by atoms with E-state index in [4.69, 9.17) is 17.0 Å². The number of ether oxygens (including phenoxy) is 1. The lowest BCUT2D eigenvalue weighted by atomic mass is 10.2. The van der Waals surface area contributed by atoms with Gasteiger partial charge in [0.25, 0.3) is 5.56 Å². The molecule has 0 aliphatic rings. The maximum absolute atomic E-state index is 11.0. The third-order valence-corrected chi connectivity index (χ3v) is 2.82. The maximum Gasteiger partial charge on any atom is 0.251 e. The van der Waals surface area contributed by atoms with Crippen LogP contribution in [0.25, 0.3) is 0 Å². The van der Waals surface area contributed by atoms with Gasteiger partial charge in [-0.2, -0.15) is 0 Å². The quantitative estimate of drug-likeness (QED) is 0.860. The van der Waals surface area contributed by atoms with Crippen LogP contribution >= 0.6 is 12.2 Å². The molecular formula is C13H14N2O2S. The highest BCUT2D eigenvalue weighted by Gasteiger charge is 1.96. The fraction of sp³-hybridized carbons (Fsp3) is 0.231. The first-order chi connectivity index (χ1) is 8.65. The van der Waals surface area contributed by atoms with Gasteiger partial charge in [-0.1, -0.05) is 12.1 Å². The van der Waals surface area contributed by atoms with Crippen LogP contribution in [0.5, 0.6) is 5.75 Å². The van der Waals surface area contributed by atoms with E-state index in [1.165, 1.54) is 6.07 Å². The van der Waals surface area contributed by atoms with Crippen molar-refractivity contribution in [3.63, 3.8) is 0 Å². The maximum atomic E-state index is 11.0. The Morgan fingerprint density at radius 1 is 1.39 bits per heavy atom. The van der Waals surface area contributed by atoms with Crippen LogP contribution in [0.3, 0.4) is 0 Å². The lowest BCUT2D eigenvalue weighted by Gasteiger charge is -2.08. The topological polar surface area (TPSA) is 47.0 Å². The molecule has 0 fully saturated rings. The minimum absolute atomic E-state index is 0.184. The number of nitrogens with one attached hydrogen (secondary N) is 1. The van der Waals surface area contributed by atoms with E-state index < -0.39 is 0 Å². The first-order valence-corrected chi connectivity index (χ1v) is 6.05. The summed E-state index contributed by atoms with van der Waals surface area (Å²) < 4.78 is 7.80. The third-order valence-electron chi connectivity index (χ3n) is 2.49. The second-order valence-corrected chi connectivity index (χ2v) is 4.36. The zero-order valence-corrected chi connectivity index (χ0v) is 10.9. The molecule has 5 heteroatoms. The van der Waals surface area contributed by atoms with Gasteiger partial charge in [0, 0.05) is 12.3 Å². The Labute approximate surface area is 110 Å². The number of rotatable bonds is 4. The molecule has 1 N–H and O–H groups in total. The van der Waals surface area contributed by atoms with Crippen molar-refractivity contribution in [1.82, 2.24) is 9.55 Å². The summed E-state index contributed by atoms with van der Waals surface area (Å²) in [5.74, 6) is 0.839. The van der Waals surface area contributed by atoms with Crippen molar-refractivity contribution in [2.75, 3.05) is 6.61 Å². The normalized spacial score (nSPS) is 10.3. The van der Waals surface area contributed by atoms with Gasteiger partial charge in [0.15, 0.2) is 4.77 Å². The number of hydrogen-bond donors (Lipinski definition) is 1. The predicted octanol–water partition coefficient (Wildman–Crippen LogP) is 2.29. The summed E-state index contributed by atoms with van der Waals surface area (Å²) in [5, 5.41) is 0. The summed E-state index contributed by atoms with van der Waals surface area (Å²) in [5.41, 5.74) is 0.976. The van der Waals surface area contributed by atoms with Crippen LogP contribution < -0.4 is 10.3 Å². The number of hydrogen-bond acceptors (Lipinski definition) is 3. The second kappa shape index (κ2) is 5.64. The molecule has 1 aromatic carbocycles. The smallest absolute Gasteiger partial charge is 0.251 e. The minimum Gasteiger partial charge on any atom is -0.492 e. The van der Waals surface area contributed by atoms with Crippen molar-refractivity contribution in [3.05, 3.63) is 57.2 Å². The van der Waals surface area contributed by atoms with Crippen LogP contribution in [-0.2, 0) is 6.54 Å². The Morgan fingerprint density at radius 2 is 2.22 bits per heavy atom. The number of aromatic nitrogens is 2. The monoisotopic (exact) mass is 262 g/mol. The zero-order chi connectivity index (χ0) is 13.0. The first kappa shape index (κ1) is 12.6. The van der Waals surface area contributed by atoms with Gasteiger partial charge in [-0.3, -0.25) is 9.78 Å². The van der Waals surface area contributed by atoms with Crippen molar-refractivity contribution < 1.29 is 4.74 Å². The Balaban J connectivity index is 1.96. The highest BCUT2D eigenvalue weighted by atomic mass is 32.1. The molecule has 0 unspecified atom stereocenters. The summed E-state index contributed by atoms with van der Waals surface area (Å²) in [6, 6.07) is 9.31. The first-order valence-electron chi connectivity index (χ1n) is 5.64. The molecule has 18 heavy (non-hydrogen) atoms. The van der Waals surface area contributed by atoms with Crippen LogP contribution in [-0.4, -0.2) is 16.2 Å². The molecule has 0 saturated carbocycles. The third kappa shape index (κ3) is 3.30. The Morgan fingerprint density at radius 3 is 2.94 bits per heavy atom. The van der Waals surface area contributed by atoms with Gasteiger partial charge in [0.05, 0.1) is 6.54 Å². The molecule has 94 valence electrons. The molecular weight excluding hydrogens is 248 g/mol. The second-order valence-electron chi connectivity index (χ2n) is 3.97.